The topological polar surface area (TPSA) is 76.3 Å². The van der Waals surface area contributed by atoms with Crippen molar-refractivity contribution < 1.29 is 9.72 Å². The van der Waals surface area contributed by atoms with Crippen LogP contribution in [0.1, 0.15) is 17.3 Å². The van der Waals surface area contributed by atoms with E-state index in [1.807, 2.05) is 31.2 Å². The molecule has 0 aliphatic rings. The fourth-order valence-corrected chi connectivity index (χ4v) is 4.04. The summed E-state index contributed by atoms with van der Waals surface area (Å²) in [5, 5.41) is 11.8. The maximum atomic E-state index is 12.9. The van der Waals surface area contributed by atoms with E-state index in [2.05, 4.69) is 4.98 Å². The van der Waals surface area contributed by atoms with Gasteiger partial charge in [-0.05, 0) is 37.4 Å². The highest BCUT2D eigenvalue weighted by Crippen LogP contribution is 2.32. The maximum Gasteiger partial charge on any atom is 0.283 e. The Labute approximate surface area is 152 Å². The molecule has 0 atom stereocenters. The molecule has 8 heteroatoms. The van der Waals surface area contributed by atoms with Gasteiger partial charge in [-0.3, -0.25) is 19.8 Å². The van der Waals surface area contributed by atoms with Crippen LogP contribution in [0, 0.1) is 10.1 Å². The first-order valence-electron chi connectivity index (χ1n) is 7.55. The summed E-state index contributed by atoms with van der Waals surface area (Å²) < 4.78 is 0.993. The summed E-state index contributed by atoms with van der Waals surface area (Å²) in [4.78, 5) is 30.3. The van der Waals surface area contributed by atoms with Crippen molar-refractivity contribution in [2.24, 2.45) is 0 Å². The van der Waals surface area contributed by atoms with Crippen LogP contribution in [-0.4, -0.2) is 28.6 Å². The van der Waals surface area contributed by atoms with Gasteiger partial charge >= 0.3 is 0 Å². The normalized spacial score (nSPS) is 10.8. The van der Waals surface area contributed by atoms with Crippen molar-refractivity contribution in [3.05, 3.63) is 58.1 Å². The number of hydrogen-bond acceptors (Lipinski definition) is 6. The molecule has 0 bridgehead atoms. The van der Waals surface area contributed by atoms with E-state index in [0.29, 0.717) is 16.6 Å². The van der Waals surface area contributed by atoms with E-state index in [1.54, 1.807) is 23.3 Å². The van der Waals surface area contributed by atoms with Gasteiger partial charge in [0, 0.05) is 18.2 Å². The highest BCUT2D eigenvalue weighted by molar-refractivity contribution is 7.98. The SMILES string of the molecule is CCN(C(=O)c1ccc(SC)c([N+](=O)[O-])c1)c1nc2ccccc2s1. The molecule has 0 fully saturated rings. The summed E-state index contributed by atoms with van der Waals surface area (Å²) in [6.45, 7) is 2.28. The second kappa shape index (κ2) is 7.20. The molecule has 6 nitrogen and oxygen atoms in total. The van der Waals surface area contributed by atoms with Crippen LogP contribution in [0.3, 0.4) is 0 Å². The van der Waals surface area contributed by atoms with Gasteiger partial charge in [-0.15, -0.1) is 11.8 Å². The molecule has 3 rings (SSSR count). The Kier molecular flexibility index (Phi) is 5.00. The average Bonchev–Trinajstić information content (AvgIpc) is 3.05. The molecule has 0 saturated carbocycles. The zero-order valence-electron chi connectivity index (χ0n) is 13.6. The number of carbonyl (C=O) groups excluding carboxylic acids is 1. The Morgan fingerprint density at radius 3 is 2.72 bits per heavy atom. The molecule has 0 radical (unpaired) electrons. The van der Waals surface area contributed by atoms with Gasteiger partial charge in [0.05, 0.1) is 20.0 Å². The van der Waals surface area contributed by atoms with Gasteiger partial charge < -0.3 is 0 Å². The molecule has 0 saturated heterocycles. The molecule has 0 aliphatic carbocycles. The standard InChI is InChI=1S/C17H15N3O3S2/c1-3-19(17-18-12-6-4-5-7-14(12)25-17)16(21)11-8-9-15(24-2)13(10-11)20(22)23/h4-10H,3H2,1-2H3. The summed E-state index contributed by atoms with van der Waals surface area (Å²) in [5.41, 5.74) is 1.06. The van der Waals surface area contributed by atoms with E-state index in [0.717, 1.165) is 10.2 Å². The van der Waals surface area contributed by atoms with Crippen LogP contribution in [0.15, 0.2) is 47.4 Å². The van der Waals surface area contributed by atoms with E-state index in [-0.39, 0.29) is 17.2 Å². The number of carbonyl (C=O) groups is 1. The Morgan fingerprint density at radius 1 is 1.32 bits per heavy atom. The molecule has 128 valence electrons. The van der Waals surface area contributed by atoms with Crippen molar-refractivity contribution in [3.63, 3.8) is 0 Å². The highest BCUT2D eigenvalue weighted by atomic mass is 32.2. The third kappa shape index (κ3) is 3.35. The highest BCUT2D eigenvalue weighted by Gasteiger charge is 2.23. The number of aromatic nitrogens is 1. The first kappa shape index (κ1) is 17.4. The van der Waals surface area contributed by atoms with Crippen molar-refractivity contribution in [1.82, 2.24) is 4.98 Å². The van der Waals surface area contributed by atoms with Crippen LogP contribution in [0.25, 0.3) is 10.2 Å². The van der Waals surface area contributed by atoms with Crippen molar-refractivity contribution >= 4 is 50.0 Å². The van der Waals surface area contributed by atoms with Crippen LogP contribution < -0.4 is 4.90 Å². The van der Waals surface area contributed by atoms with E-state index < -0.39 is 4.92 Å². The molecule has 0 N–H and O–H groups in total. The van der Waals surface area contributed by atoms with Gasteiger partial charge in [0.2, 0.25) is 0 Å². The van der Waals surface area contributed by atoms with E-state index in [9.17, 15) is 14.9 Å². The average molecular weight is 373 g/mol. The number of nitro benzene ring substituents is 1. The molecule has 1 aromatic heterocycles. The van der Waals surface area contributed by atoms with Crippen LogP contribution in [0.4, 0.5) is 10.8 Å². The second-order valence-corrected chi connectivity index (χ2v) is 7.01. The lowest BCUT2D eigenvalue weighted by molar-refractivity contribution is -0.387. The fourth-order valence-electron chi connectivity index (χ4n) is 2.46. The molecule has 0 spiro atoms. The number of para-hydroxylation sites is 1. The smallest absolute Gasteiger partial charge is 0.283 e. The molecular weight excluding hydrogens is 358 g/mol. The minimum absolute atomic E-state index is 0.0568. The van der Waals surface area contributed by atoms with Gasteiger partial charge in [0.15, 0.2) is 5.13 Å². The first-order chi connectivity index (χ1) is 12.0. The van der Waals surface area contributed by atoms with Gasteiger partial charge in [-0.1, -0.05) is 23.5 Å². The number of nitro groups is 1. The predicted octanol–water partition coefficient (Wildman–Crippen LogP) is 4.59. The van der Waals surface area contributed by atoms with Gasteiger partial charge in [0.1, 0.15) is 0 Å². The number of thiazole rings is 1. The summed E-state index contributed by atoms with van der Waals surface area (Å²) >= 11 is 2.71. The van der Waals surface area contributed by atoms with Gasteiger partial charge in [-0.2, -0.15) is 0 Å². The lowest BCUT2D eigenvalue weighted by Gasteiger charge is -2.17. The molecule has 3 aromatic rings. The van der Waals surface area contributed by atoms with Crippen LogP contribution in [0.2, 0.25) is 0 Å². The largest absolute Gasteiger partial charge is 0.284 e. The summed E-state index contributed by atoms with van der Waals surface area (Å²) in [6, 6.07) is 12.2. The predicted molar refractivity (Wildman–Crippen MR) is 102 cm³/mol. The lowest BCUT2D eigenvalue weighted by Crippen LogP contribution is -2.30. The minimum atomic E-state index is -0.462. The second-order valence-electron chi connectivity index (χ2n) is 5.16. The third-order valence-electron chi connectivity index (χ3n) is 3.70. The molecule has 0 unspecified atom stereocenters. The quantitative estimate of drug-likeness (QED) is 0.371. The molecule has 25 heavy (non-hydrogen) atoms. The lowest BCUT2D eigenvalue weighted by atomic mass is 10.2. The molecule has 1 amide bonds. The van der Waals surface area contributed by atoms with Crippen molar-refractivity contribution in [1.29, 1.82) is 0 Å². The molecule has 0 aliphatic heterocycles. The molecule has 2 aromatic carbocycles. The number of amides is 1. The van der Waals surface area contributed by atoms with Crippen LogP contribution >= 0.6 is 23.1 Å². The number of anilines is 1. The summed E-state index contributed by atoms with van der Waals surface area (Å²) in [6.07, 6.45) is 1.77. The van der Waals surface area contributed by atoms with Crippen molar-refractivity contribution in [2.45, 2.75) is 11.8 Å². The number of rotatable bonds is 5. The first-order valence-corrected chi connectivity index (χ1v) is 9.59. The Hall–Kier alpha value is -2.45. The van der Waals surface area contributed by atoms with Crippen molar-refractivity contribution in [3.8, 4) is 0 Å². The number of thioether (sulfide) groups is 1. The Balaban J connectivity index is 2.00. The third-order valence-corrected chi connectivity index (χ3v) is 5.54. The zero-order valence-corrected chi connectivity index (χ0v) is 15.3. The van der Waals surface area contributed by atoms with Crippen molar-refractivity contribution in [2.75, 3.05) is 17.7 Å². The van der Waals surface area contributed by atoms with Crippen LogP contribution in [-0.2, 0) is 0 Å². The van der Waals surface area contributed by atoms with E-state index in [1.165, 1.54) is 29.2 Å². The number of hydrogen-bond donors (Lipinski definition) is 0. The van der Waals surface area contributed by atoms with E-state index in [4.69, 9.17) is 0 Å². The van der Waals surface area contributed by atoms with E-state index >= 15 is 0 Å². The maximum absolute atomic E-state index is 12.9. The Bertz CT molecular complexity index is 922. The monoisotopic (exact) mass is 373 g/mol. The minimum Gasteiger partial charge on any atom is -0.284 e. The summed E-state index contributed by atoms with van der Waals surface area (Å²) in [7, 11) is 0. The van der Waals surface area contributed by atoms with Crippen LogP contribution in [0.5, 0.6) is 0 Å². The molecule has 1 heterocycles. The summed E-state index contributed by atoms with van der Waals surface area (Å²) in [5.74, 6) is -0.294. The Morgan fingerprint density at radius 2 is 2.08 bits per heavy atom. The number of fused-ring (bicyclic) bond motifs is 1. The van der Waals surface area contributed by atoms with Gasteiger partial charge in [0.25, 0.3) is 11.6 Å². The van der Waals surface area contributed by atoms with Gasteiger partial charge in [-0.25, -0.2) is 4.98 Å². The number of benzene rings is 2. The number of nitrogens with zero attached hydrogens (tertiary/aromatic N) is 3. The fraction of sp³-hybridized carbons (Fsp3) is 0.176. The zero-order chi connectivity index (χ0) is 18.0. The molecular formula is C17H15N3O3S2.